The molecule has 0 atom stereocenters. The Morgan fingerprint density at radius 2 is 2.00 bits per heavy atom. The zero-order valence-corrected chi connectivity index (χ0v) is 15.9. The van der Waals surface area contributed by atoms with Crippen LogP contribution >= 0.6 is 15.9 Å². The molecule has 134 valence electrons. The number of nitrogens with zero attached hydrogens (tertiary/aromatic N) is 2. The van der Waals surface area contributed by atoms with E-state index >= 15 is 0 Å². The fraction of sp³-hybridized carbons (Fsp3) is 0.158. The van der Waals surface area contributed by atoms with Crippen LogP contribution in [0, 0.1) is 19.7 Å². The minimum absolute atomic E-state index is 0.112. The highest BCUT2D eigenvalue weighted by Crippen LogP contribution is 2.23. The van der Waals surface area contributed by atoms with E-state index in [0.29, 0.717) is 22.7 Å². The summed E-state index contributed by atoms with van der Waals surface area (Å²) in [7, 11) is 0. The molecule has 26 heavy (non-hydrogen) atoms. The molecule has 1 aromatic heterocycles. The van der Waals surface area contributed by atoms with Gasteiger partial charge in [-0.3, -0.25) is 4.79 Å². The molecule has 0 aliphatic heterocycles. The van der Waals surface area contributed by atoms with Gasteiger partial charge in [-0.25, -0.2) is 9.07 Å². The summed E-state index contributed by atoms with van der Waals surface area (Å²) in [5.74, 6) is -0.178. The number of aromatic nitrogens is 2. The highest BCUT2D eigenvalue weighted by atomic mass is 79.9. The summed E-state index contributed by atoms with van der Waals surface area (Å²) in [6, 6.07) is 13.1. The van der Waals surface area contributed by atoms with E-state index in [-0.39, 0.29) is 18.5 Å². The fourth-order valence-corrected chi connectivity index (χ4v) is 2.99. The number of hydrogen-bond donors (Lipinski definition) is 1. The Balaban J connectivity index is 1.75. The summed E-state index contributed by atoms with van der Waals surface area (Å²) in [6.45, 7) is 3.76. The van der Waals surface area contributed by atoms with Crippen molar-refractivity contribution in [3.05, 3.63) is 75.8 Å². The van der Waals surface area contributed by atoms with Gasteiger partial charge >= 0.3 is 0 Å². The maximum Gasteiger partial charge on any atom is 0.256 e. The number of anilines is 1. The smallest absolute Gasteiger partial charge is 0.256 e. The Hall–Kier alpha value is -2.67. The molecule has 7 heteroatoms. The summed E-state index contributed by atoms with van der Waals surface area (Å²) < 4.78 is 21.1. The van der Waals surface area contributed by atoms with E-state index in [4.69, 9.17) is 4.74 Å². The van der Waals surface area contributed by atoms with Crippen LogP contribution in [0.1, 0.15) is 21.7 Å². The molecule has 0 spiro atoms. The van der Waals surface area contributed by atoms with Crippen LogP contribution in [0.15, 0.2) is 53.0 Å². The maximum atomic E-state index is 13.2. The Morgan fingerprint density at radius 1 is 1.23 bits per heavy atom. The minimum atomic E-state index is -0.364. The lowest BCUT2D eigenvalue weighted by atomic mass is 10.2. The third-order valence-electron chi connectivity index (χ3n) is 3.89. The van der Waals surface area contributed by atoms with Crippen LogP contribution in [0.25, 0.3) is 0 Å². The number of amides is 1. The van der Waals surface area contributed by atoms with Crippen molar-refractivity contribution in [2.75, 3.05) is 5.32 Å². The van der Waals surface area contributed by atoms with Crippen molar-refractivity contribution in [1.82, 2.24) is 9.78 Å². The number of halogens is 2. The molecular formula is C19H17BrFN3O2. The predicted molar refractivity (Wildman–Crippen MR) is 101 cm³/mol. The van der Waals surface area contributed by atoms with E-state index < -0.39 is 0 Å². The van der Waals surface area contributed by atoms with Gasteiger partial charge in [-0.15, -0.1) is 0 Å². The first-order valence-corrected chi connectivity index (χ1v) is 8.73. The van der Waals surface area contributed by atoms with E-state index in [1.807, 2.05) is 19.1 Å². The molecule has 3 aromatic rings. The predicted octanol–water partition coefficient (Wildman–Crippen LogP) is 4.69. The number of carbonyl (C=O) groups is 1. The SMILES string of the molecule is Cc1nn(COc2cccc(F)c2)c(C)c1NC(=O)c1ccccc1Br. The van der Waals surface area contributed by atoms with Gasteiger partial charge in [0, 0.05) is 10.5 Å². The number of aryl methyl sites for hydroxylation is 1. The van der Waals surface area contributed by atoms with Crippen molar-refractivity contribution in [2.24, 2.45) is 0 Å². The largest absolute Gasteiger partial charge is 0.471 e. The second kappa shape index (κ2) is 7.70. The molecular weight excluding hydrogens is 401 g/mol. The maximum absolute atomic E-state index is 13.2. The molecule has 3 rings (SSSR count). The second-order valence-corrected chi connectivity index (χ2v) is 6.56. The van der Waals surface area contributed by atoms with E-state index in [0.717, 1.165) is 10.2 Å². The van der Waals surface area contributed by atoms with Crippen molar-refractivity contribution < 1.29 is 13.9 Å². The molecule has 0 fully saturated rings. The van der Waals surface area contributed by atoms with Crippen LogP contribution in [0.4, 0.5) is 10.1 Å². The van der Waals surface area contributed by atoms with Crippen molar-refractivity contribution >= 4 is 27.5 Å². The molecule has 0 bridgehead atoms. The number of benzene rings is 2. The summed E-state index contributed by atoms with van der Waals surface area (Å²) in [6.07, 6.45) is 0. The van der Waals surface area contributed by atoms with Gasteiger partial charge in [0.2, 0.25) is 0 Å². The summed E-state index contributed by atoms with van der Waals surface area (Å²) >= 11 is 3.38. The first kappa shape index (κ1) is 18.1. The molecule has 0 saturated carbocycles. The van der Waals surface area contributed by atoms with Crippen molar-refractivity contribution in [3.63, 3.8) is 0 Å². The average molecular weight is 418 g/mol. The van der Waals surface area contributed by atoms with Crippen LogP contribution in [0.2, 0.25) is 0 Å². The highest BCUT2D eigenvalue weighted by molar-refractivity contribution is 9.10. The van der Waals surface area contributed by atoms with Crippen LogP contribution in [-0.2, 0) is 6.73 Å². The Kier molecular flexibility index (Phi) is 5.37. The Morgan fingerprint density at radius 3 is 2.73 bits per heavy atom. The lowest BCUT2D eigenvalue weighted by Crippen LogP contribution is -2.14. The van der Waals surface area contributed by atoms with Crippen LogP contribution < -0.4 is 10.1 Å². The number of ether oxygens (including phenoxy) is 1. The van der Waals surface area contributed by atoms with Crippen molar-refractivity contribution in [1.29, 1.82) is 0 Å². The Labute approximate surface area is 158 Å². The first-order chi connectivity index (χ1) is 12.5. The fourth-order valence-electron chi connectivity index (χ4n) is 2.52. The van der Waals surface area contributed by atoms with Crippen molar-refractivity contribution in [2.45, 2.75) is 20.6 Å². The van der Waals surface area contributed by atoms with Gasteiger partial charge in [-0.2, -0.15) is 5.10 Å². The van der Waals surface area contributed by atoms with Crippen LogP contribution in [-0.4, -0.2) is 15.7 Å². The molecule has 0 radical (unpaired) electrons. The van der Waals surface area contributed by atoms with E-state index in [2.05, 4.69) is 26.3 Å². The minimum Gasteiger partial charge on any atom is -0.471 e. The molecule has 1 N–H and O–H groups in total. The van der Waals surface area contributed by atoms with Gasteiger partial charge in [0.15, 0.2) is 6.73 Å². The molecule has 1 heterocycles. The second-order valence-electron chi connectivity index (χ2n) is 5.71. The average Bonchev–Trinajstić information content (AvgIpc) is 2.88. The van der Waals surface area contributed by atoms with Gasteiger partial charge in [-0.1, -0.05) is 18.2 Å². The van der Waals surface area contributed by atoms with Crippen molar-refractivity contribution in [3.8, 4) is 5.75 Å². The first-order valence-electron chi connectivity index (χ1n) is 7.94. The standard InChI is InChI=1S/C19H17BrFN3O2/c1-12-18(22-19(25)16-8-3-4-9-17(16)20)13(2)24(23-12)11-26-15-7-5-6-14(21)10-15/h3-10H,11H2,1-2H3,(H,22,25). The molecule has 2 aromatic carbocycles. The van der Waals surface area contributed by atoms with Gasteiger partial charge in [0.05, 0.1) is 22.6 Å². The zero-order chi connectivity index (χ0) is 18.7. The lowest BCUT2D eigenvalue weighted by Gasteiger charge is -2.09. The van der Waals surface area contributed by atoms with Gasteiger partial charge < -0.3 is 10.1 Å². The summed E-state index contributed by atoms with van der Waals surface area (Å²) in [5, 5.41) is 7.28. The van der Waals surface area contributed by atoms with Crippen LogP contribution in [0.3, 0.4) is 0 Å². The normalized spacial score (nSPS) is 10.6. The molecule has 0 aliphatic rings. The summed E-state index contributed by atoms with van der Waals surface area (Å²) in [5.41, 5.74) is 2.59. The van der Waals surface area contributed by atoms with Gasteiger partial charge in [-0.05, 0) is 54.0 Å². The van der Waals surface area contributed by atoms with E-state index in [1.54, 1.807) is 35.9 Å². The number of hydrogen-bond acceptors (Lipinski definition) is 3. The zero-order valence-electron chi connectivity index (χ0n) is 14.3. The van der Waals surface area contributed by atoms with Crippen LogP contribution in [0.5, 0.6) is 5.75 Å². The third kappa shape index (κ3) is 3.94. The number of rotatable bonds is 5. The van der Waals surface area contributed by atoms with Gasteiger partial charge in [0.1, 0.15) is 11.6 Å². The third-order valence-corrected chi connectivity index (χ3v) is 4.58. The molecule has 1 amide bonds. The Bertz CT molecular complexity index is 956. The molecule has 0 saturated heterocycles. The number of nitrogens with one attached hydrogen (secondary N) is 1. The summed E-state index contributed by atoms with van der Waals surface area (Å²) in [4.78, 5) is 12.5. The van der Waals surface area contributed by atoms with Gasteiger partial charge in [0.25, 0.3) is 5.91 Å². The molecule has 0 aliphatic carbocycles. The molecule has 5 nitrogen and oxygen atoms in total. The van der Waals surface area contributed by atoms with E-state index in [1.165, 1.54) is 12.1 Å². The highest BCUT2D eigenvalue weighted by Gasteiger charge is 2.16. The quantitative estimate of drug-likeness (QED) is 0.654. The van der Waals surface area contributed by atoms with E-state index in [9.17, 15) is 9.18 Å². The lowest BCUT2D eigenvalue weighted by molar-refractivity contribution is 0.102. The molecule has 0 unspecified atom stereocenters. The topological polar surface area (TPSA) is 56.1 Å². The monoisotopic (exact) mass is 417 g/mol. The number of carbonyl (C=O) groups excluding carboxylic acids is 1.